The largest absolute Gasteiger partial charge is 0.362 e. The van der Waals surface area contributed by atoms with Crippen LogP contribution in [0.3, 0.4) is 0 Å². The molecule has 1 aromatic carbocycles. The number of carbonyl (C=O) groups excluding carboxylic acids is 2. The number of benzene rings is 1. The van der Waals surface area contributed by atoms with Crippen molar-refractivity contribution in [1.29, 1.82) is 0 Å². The molecule has 1 unspecified atom stereocenters. The van der Waals surface area contributed by atoms with E-state index >= 15 is 0 Å². The first-order valence-corrected chi connectivity index (χ1v) is 10.3. The van der Waals surface area contributed by atoms with E-state index in [4.69, 9.17) is 0 Å². The predicted molar refractivity (Wildman–Crippen MR) is 118 cm³/mol. The second kappa shape index (κ2) is 7.56. The second-order valence-electron chi connectivity index (χ2n) is 8.96. The molecule has 2 heterocycles. The Morgan fingerprint density at radius 2 is 1.83 bits per heavy atom. The molecule has 1 aromatic heterocycles. The number of carbonyl (C=O) groups is 2. The number of pyridine rings is 1. The minimum atomic E-state index is -0.394. The normalized spacial score (nSPS) is 20.5. The molecule has 30 heavy (non-hydrogen) atoms. The van der Waals surface area contributed by atoms with Gasteiger partial charge in [-0.25, -0.2) is 4.98 Å². The van der Waals surface area contributed by atoms with Crippen LogP contribution < -0.4 is 10.6 Å². The van der Waals surface area contributed by atoms with E-state index in [0.29, 0.717) is 17.8 Å². The van der Waals surface area contributed by atoms with Crippen molar-refractivity contribution in [3.8, 4) is 0 Å². The summed E-state index contributed by atoms with van der Waals surface area (Å²) in [4.78, 5) is 30.9. The Labute approximate surface area is 177 Å². The molecule has 154 valence electrons. The first kappa shape index (κ1) is 20.1. The molecule has 2 N–H and O–H groups in total. The monoisotopic (exact) mass is 401 g/mol. The fourth-order valence-corrected chi connectivity index (χ4v) is 4.58. The summed E-state index contributed by atoms with van der Waals surface area (Å²) in [5.74, 6) is -0.0363. The highest BCUT2D eigenvalue weighted by atomic mass is 16.2. The number of ketones is 1. The van der Waals surface area contributed by atoms with Crippen molar-refractivity contribution >= 4 is 17.5 Å². The van der Waals surface area contributed by atoms with E-state index in [2.05, 4.69) is 29.5 Å². The van der Waals surface area contributed by atoms with E-state index in [1.54, 1.807) is 18.3 Å². The molecule has 1 amide bonds. The molecule has 1 atom stereocenters. The zero-order valence-electron chi connectivity index (χ0n) is 17.9. The summed E-state index contributed by atoms with van der Waals surface area (Å²) in [7, 11) is 0. The molecule has 5 nitrogen and oxygen atoms in total. The summed E-state index contributed by atoms with van der Waals surface area (Å²) in [6, 6.07) is 13.4. The lowest BCUT2D eigenvalue weighted by Crippen LogP contribution is -2.39. The van der Waals surface area contributed by atoms with Gasteiger partial charge in [0, 0.05) is 41.1 Å². The number of hydrogen-bond acceptors (Lipinski definition) is 4. The van der Waals surface area contributed by atoms with Crippen LogP contribution in [0.15, 0.2) is 71.2 Å². The van der Waals surface area contributed by atoms with Crippen LogP contribution in [-0.4, -0.2) is 16.7 Å². The molecule has 0 bridgehead atoms. The van der Waals surface area contributed by atoms with Crippen LogP contribution in [0.2, 0.25) is 0 Å². The number of amides is 1. The Bertz CT molecular complexity index is 1080. The molecule has 2 aromatic rings. The van der Waals surface area contributed by atoms with Crippen LogP contribution in [-0.2, 0) is 9.59 Å². The van der Waals surface area contributed by atoms with Crippen molar-refractivity contribution < 1.29 is 9.59 Å². The average molecular weight is 402 g/mol. The fourth-order valence-electron chi connectivity index (χ4n) is 4.58. The van der Waals surface area contributed by atoms with E-state index < -0.39 is 5.92 Å². The van der Waals surface area contributed by atoms with Gasteiger partial charge in [0.15, 0.2) is 5.78 Å². The van der Waals surface area contributed by atoms with Crippen LogP contribution in [0.5, 0.6) is 0 Å². The van der Waals surface area contributed by atoms with E-state index in [9.17, 15) is 9.59 Å². The number of dihydropyridines is 1. The number of nitrogens with one attached hydrogen (secondary N) is 2. The number of aromatic nitrogens is 1. The summed E-state index contributed by atoms with van der Waals surface area (Å²) in [5, 5.41) is 6.30. The number of aryl methyl sites for hydroxylation is 1. The average Bonchev–Trinajstić information content (AvgIpc) is 2.67. The number of nitrogens with zero attached hydrogens (tertiary/aromatic N) is 1. The van der Waals surface area contributed by atoms with Crippen molar-refractivity contribution in [2.45, 2.75) is 46.5 Å². The van der Waals surface area contributed by atoms with E-state index in [-0.39, 0.29) is 17.1 Å². The number of hydrogen-bond donors (Lipinski definition) is 2. The van der Waals surface area contributed by atoms with Gasteiger partial charge < -0.3 is 10.6 Å². The van der Waals surface area contributed by atoms with Gasteiger partial charge in [0.2, 0.25) is 0 Å². The van der Waals surface area contributed by atoms with E-state index in [1.807, 2.05) is 44.2 Å². The second-order valence-corrected chi connectivity index (χ2v) is 8.96. The lowest BCUT2D eigenvalue weighted by molar-refractivity contribution is -0.118. The van der Waals surface area contributed by atoms with Crippen molar-refractivity contribution in [2.24, 2.45) is 5.41 Å². The molecular formula is C25H27N3O2. The van der Waals surface area contributed by atoms with Crippen molar-refractivity contribution in [3.63, 3.8) is 0 Å². The minimum Gasteiger partial charge on any atom is -0.362 e. The zero-order chi connectivity index (χ0) is 21.5. The fraction of sp³-hybridized carbons (Fsp3) is 0.320. The molecule has 0 fully saturated rings. The van der Waals surface area contributed by atoms with Gasteiger partial charge in [0.05, 0.1) is 0 Å². The summed E-state index contributed by atoms with van der Waals surface area (Å²) in [6.07, 6.45) is 2.90. The van der Waals surface area contributed by atoms with E-state index in [1.165, 1.54) is 0 Å². The molecular weight excluding hydrogens is 374 g/mol. The SMILES string of the molecule is CC1=C(C(=O)Nc2ccccn2)C(c2ccccc2C)C2=C(CC(C)(C)CC2=O)N1. The number of anilines is 1. The number of Topliss-reactive ketones (excluding diaryl/α,β-unsaturated/α-hetero) is 1. The van der Waals surface area contributed by atoms with Gasteiger partial charge in [-0.2, -0.15) is 0 Å². The highest BCUT2D eigenvalue weighted by Gasteiger charge is 2.43. The topological polar surface area (TPSA) is 71.1 Å². The van der Waals surface area contributed by atoms with Crippen LogP contribution >= 0.6 is 0 Å². The maximum absolute atomic E-state index is 13.4. The quantitative estimate of drug-likeness (QED) is 0.786. The molecule has 0 saturated carbocycles. The summed E-state index contributed by atoms with van der Waals surface area (Å²) >= 11 is 0. The third-order valence-electron chi connectivity index (χ3n) is 5.89. The molecule has 1 aliphatic carbocycles. The summed E-state index contributed by atoms with van der Waals surface area (Å²) in [6.45, 7) is 8.16. The van der Waals surface area contributed by atoms with Gasteiger partial charge in [0.1, 0.15) is 5.82 Å². The van der Waals surface area contributed by atoms with Gasteiger partial charge in [-0.1, -0.05) is 44.2 Å². The smallest absolute Gasteiger partial charge is 0.255 e. The van der Waals surface area contributed by atoms with E-state index in [0.717, 1.165) is 34.5 Å². The Morgan fingerprint density at radius 3 is 2.53 bits per heavy atom. The summed E-state index contributed by atoms with van der Waals surface area (Å²) < 4.78 is 0. The maximum atomic E-state index is 13.4. The van der Waals surface area contributed by atoms with Gasteiger partial charge >= 0.3 is 0 Å². The highest BCUT2D eigenvalue weighted by Crippen LogP contribution is 2.47. The van der Waals surface area contributed by atoms with Crippen molar-refractivity contribution in [2.75, 3.05) is 5.32 Å². The summed E-state index contributed by atoms with van der Waals surface area (Å²) in [5.41, 5.74) is 4.96. The molecule has 5 heteroatoms. The number of allylic oxidation sites excluding steroid dienone is 3. The molecule has 4 rings (SSSR count). The Kier molecular flexibility index (Phi) is 5.06. The zero-order valence-corrected chi connectivity index (χ0v) is 17.9. The van der Waals surface area contributed by atoms with Crippen LogP contribution in [0, 0.1) is 12.3 Å². The molecule has 0 spiro atoms. The Hall–Kier alpha value is -3.21. The third-order valence-corrected chi connectivity index (χ3v) is 5.89. The van der Waals surface area contributed by atoms with Gasteiger partial charge in [-0.15, -0.1) is 0 Å². The molecule has 1 aliphatic heterocycles. The highest BCUT2D eigenvalue weighted by molar-refractivity contribution is 6.09. The molecule has 0 radical (unpaired) electrons. The Balaban J connectivity index is 1.84. The minimum absolute atomic E-state index is 0.104. The maximum Gasteiger partial charge on any atom is 0.255 e. The lowest BCUT2D eigenvalue weighted by Gasteiger charge is -2.40. The third kappa shape index (κ3) is 3.67. The number of rotatable bonds is 3. The van der Waals surface area contributed by atoms with Crippen LogP contribution in [0.25, 0.3) is 0 Å². The van der Waals surface area contributed by atoms with Crippen molar-refractivity contribution in [3.05, 3.63) is 82.3 Å². The van der Waals surface area contributed by atoms with Crippen molar-refractivity contribution in [1.82, 2.24) is 10.3 Å². The van der Waals surface area contributed by atoms with Crippen LogP contribution in [0.4, 0.5) is 5.82 Å². The first-order chi connectivity index (χ1) is 14.3. The first-order valence-electron chi connectivity index (χ1n) is 10.3. The van der Waals surface area contributed by atoms with Gasteiger partial charge in [-0.3, -0.25) is 9.59 Å². The molecule has 0 saturated heterocycles. The van der Waals surface area contributed by atoms with Gasteiger partial charge in [-0.05, 0) is 48.9 Å². The van der Waals surface area contributed by atoms with Gasteiger partial charge in [0.25, 0.3) is 5.91 Å². The molecule has 2 aliphatic rings. The van der Waals surface area contributed by atoms with Crippen LogP contribution in [0.1, 0.15) is 50.7 Å². The standard InChI is InChI=1S/C25H27N3O2/c1-15-9-5-6-10-17(15)22-21(24(30)28-20-11-7-8-12-26-20)16(2)27-18-13-25(3,4)14-19(29)23(18)22/h5-12,22,27H,13-14H2,1-4H3,(H,26,28,30). The Morgan fingerprint density at radius 1 is 1.10 bits per heavy atom. The predicted octanol–water partition coefficient (Wildman–Crippen LogP) is 4.63. The lowest BCUT2D eigenvalue weighted by atomic mass is 9.68.